The molecular weight excluding hydrogens is 440 g/mol. The van der Waals surface area contributed by atoms with Crippen molar-refractivity contribution in [3.05, 3.63) is 65.3 Å². The molecule has 0 bridgehead atoms. The van der Waals surface area contributed by atoms with Crippen molar-refractivity contribution in [2.24, 2.45) is 0 Å². The molecule has 1 atom stereocenters. The highest BCUT2D eigenvalue weighted by Crippen LogP contribution is 2.39. The molecule has 1 unspecified atom stereocenters. The second-order valence-electron chi connectivity index (χ2n) is 9.14. The lowest BCUT2D eigenvalue weighted by Gasteiger charge is -2.25. The number of rotatable bonds is 3. The second-order valence-corrected chi connectivity index (χ2v) is 9.14. The summed E-state index contributed by atoms with van der Waals surface area (Å²) in [6.45, 7) is 1.83. The van der Waals surface area contributed by atoms with Gasteiger partial charge in [-0.1, -0.05) is 6.07 Å². The Balaban J connectivity index is 1.60. The molecule has 0 aliphatic carbocycles. The molecule has 2 aliphatic rings. The van der Waals surface area contributed by atoms with Crippen molar-refractivity contribution in [3.63, 3.8) is 0 Å². The highest BCUT2D eigenvalue weighted by molar-refractivity contribution is 6.04. The van der Waals surface area contributed by atoms with Crippen LogP contribution in [0.4, 0.5) is 8.78 Å². The SMILES string of the molecule is [O-][n+]1cc2cc3c(cnn3C3CCCCO3)cc2c(-c2ccc(F)c(F)c2)c1C1CCOCC1. The van der Waals surface area contributed by atoms with Crippen molar-refractivity contribution in [2.45, 2.75) is 44.2 Å². The largest absolute Gasteiger partial charge is 0.618 e. The third-order valence-corrected chi connectivity index (χ3v) is 7.03. The lowest BCUT2D eigenvalue weighted by Crippen LogP contribution is -2.36. The first-order chi connectivity index (χ1) is 16.6. The quantitative estimate of drug-likeness (QED) is 0.302. The van der Waals surface area contributed by atoms with Crippen LogP contribution >= 0.6 is 0 Å². The molecule has 2 aromatic carbocycles. The summed E-state index contributed by atoms with van der Waals surface area (Å²) in [7, 11) is 0. The van der Waals surface area contributed by atoms with Crippen molar-refractivity contribution in [2.75, 3.05) is 19.8 Å². The molecule has 0 saturated carbocycles. The normalized spacial score (nSPS) is 19.8. The van der Waals surface area contributed by atoms with E-state index in [1.165, 1.54) is 6.07 Å². The van der Waals surface area contributed by atoms with E-state index < -0.39 is 11.6 Å². The van der Waals surface area contributed by atoms with Gasteiger partial charge in [-0.15, -0.1) is 0 Å². The van der Waals surface area contributed by atoms with Crippen LogP contribution in [0.2, 0.25) is 0 Å². The van der Waals surface area contributed by atoms with E-state index in [-0.39, 0.29) is 12.1 Å². The number of halogens is 2. The highest BCUT2D eigenvalue weighted by atomic mass is 19.2. The van der Waals surface area contributed by atoms with E-state index >= 15 is 0 Å². The number of aromatic nitrogens is 3. The number of nitrogens with zero attached hydrogens (tertiary/aromatic N) is 3. The van der Waals surface area contributed by atoms with E-state index in [4.69, 9.17) is 9.47 Å². The van der Waals surface area contributed by atoms with Crippen molar-refractivity contribution in [3.8, 4) is 11.1 Å². The number of fused-ring (bicyclic) bond motifs is 2. The fourth-order valence-corrected chi connectivity index (χ4v) is 5.33. The summed E-state index contributed by atoms with van der Waals surface area (Å²) in [6.07, 6.45) is 7.66. The van der Waals surface area contributed by atoms with E-state index in [0.717, 1.165) is 51.7 Å². The molecule has 4 heterocycles. The Labute approximate surface area is 195 Å². The van der Waals surface area contributed by atoms with Gasteiger partial charge in [0, 0.05) is 36.0 Å². The number of hydrogen-bond acceptors (Lipinski definition) is 4. The monoisotopic (exact) mass is 465 g/mol. The third-order valence-electron chi connectivity index (χ3n) is 7.03. The smallest absolute Gasteiger partial charge is 0.204 e. The average Bonchev–Trinajstić information content (AvgIpc) is 3.27. The summed E-state index contributed by atoms with van der Waals surface area (Å²) >= 11 is 0. The van der Waals surface area contributed by atoms with Crippen molar-refractivity contribution in [1.82, 2.24) is 9.78 Å². The van der Waals surface area contributed by atoms with Gasteiger partial charge in [-0.3, -0.25) is 0 Å². The maximum absolute atomic E-state index is 14.3. The van der Waals surface area contributed by atoms with Crippen LogP contribution in [0.1, 0.15) is 49.9 Å². The molecule has 176 valence electrons. The van der Waals surface area contributed by atoms with Gasteiger partial charge >= 0.3 is 0 Å². The van der Waals surface area contributed by atoms with Gasteiger partial charge in [-0.05, 0) is 61.9 Å². The second kappa shape index (κ2) is 8.60. The molecular formula is C26H25F2N3O3. The molecule has 6 rings (SSSR count). The molecule has 2 aromatic heterocycles. The van der Waals surface area contributed by atoms with Gasteiger partial charge in [0.05, 0.1) is 23.2 Å². The van der Waals surface area contributed by atoms with Crippen LogP contribution in [0.3, 0.4) is 0 Å². The number of benzene rings is 2. The fraction of sp³-hybridized carbons (Fsp3) is 0.385. The molecule has 34 heavy (non-hydrogen) atoms. The Morgan fingerprint density at radius 2 is 1.82 bits per heavy atom. The summed E-state index contributed by atoms with van der Waals surface area (Å²) in [5.41, 5.74) is 2.58. The topological polar surface area (TPSA) is 63.2 Å². The molecule has 8 heteroatoms. The van der Waals surface area contributed by atoms with Crippen LogP contribution in [0, 0.1) is 16.8 Å². The Hall–Kier alpha value is -3.10. The minimum absolute atomic E-state index is 0.0344. The Bertz CT molecular complexity index is 1380. The molecule has 2 fully saturated rings. The van der Waals surface area contributed by atoms with Gasteiger partial charge in [0.25, 0.3) is 0 Å². The minimum atomic E-state index is -0.937. The van der Waals surface area contributed by atoms with E-state index in [2.05, 4.69) is 5.10 Å². The van der Waals surface area contributed by atoms with Gasteiger partial charge in [0.1, 0.15) is 0 Å². The van der Waals surface area contributed by atoms with Gasteiger partial charge in [-0.2, -0.15) is 9.83 Å². The Morgan fingerprint density at radius 3 is 2.59 bits per heavy atom. The summed E-state index contributed by atoms with van der Waals surface area (Å²) in [6, 6.07) is 7.77. The average molecular weight is 466 g/mol. The van der Waals surface area contributed by atoms with Gasteiger partial charge in [0.15, 0.2) is 24.1 Å². The highest BCUT2D eigenvalue weighted by Gasteiger charge is 2.30. The molecule has 0 spiro atoms. The molecule has 0 amide bonds. The Morgan fingerprint density at radius 1 is 0.971 bits per heavy atom. The molecule has 2 saturated heterocycles. The van der Waals surface area contributed by atoms with Crippen LogP contribution in [-0.2, 0) is 9.47 Å². The van der Waals surface area contributed by atoms with E-state index in [9.17, 15) is 14.0 Å². The molecule has 0 N–H and O–H groups in total. The molecule has 4 aromatic rings. The van der Waals surface area contributed by atoms with Gasteiger partial charge < -0.3 is 14.7 Å². The summed E-state index contributed by atoms with van der Waals surface area (Å²) in [4.78, 5) is 0. The maximum Gasteiger partial charge on any atom is 0.204 e. The maximum atomic E-state index is 14.3. The van der Waals surface area contributed by atoms with Crippen LogP contribution in [0.15, 0.2) is 42.7 Å². The first-order valence-corrected chi connectivity index (χ1v) is 11.8. The zero-order valence-electron chi connectivity index (χ0n) is 18.7. The minimum Gasteiger partial charge on any atom is -0.618 e. The predicted octanol–water partition coefficient (Wildman–Crippen LogP) is 5.36. The molecule has 0 radical (unpaired) electrons. The summed E-state index contributed by atoms with van der Waals surface area (Å²) in [5, 5.41) is 20.4. The van der Waals surface area contributed by atoms with E-state index in [0.29, 0.717) is 49.5 Å². The van der Waals surface area contributed by atoms with Crippen molar-refractivity contribution >= 4 is 21.7 Å². The van der Waals surface area contributed by atoms with E-state index in [1.807, 2.05) is 16.8 Å². The summed E-state index contributed by atoms with van der Waals surface area (Å²) in [5.74, 6) is -1.89. The third kappa shape index (κ3) is 3.61. The van der Waals surface area contributed by atoms with Gasteiger partial charge in [0.2, 0.25) is 5.69 Å². The van der Waals surface area contributed by atoms with Crippen LogP contribution < -0.4 is 4.73 Å². The first-order valence-electron chi connectivity index (χ1n) is 11.8. The number of ether oxygens (including phenoxy) is 2. The van der Waals surface area contributed by atoms with Crippen LogP contribution in [0.5, 0.6) is 0 Å². The van der Waals surface area contributed by atoms with Crippen molar-refractivity contribution < 1.29 is 23.0 Å². The number of hydrogen-bond donors (Lipinski definition) is 0. The van der Waals surface area contributed by atoms with Crippen LogP contribution in [-0.4, -0.2) is 29.6 Å². The van der Waals surface area contributed by atoms with E-state index in [1.54, 1.807) is 18.5 Å². The lowest BCUT2D eigenvalue weighted by molar-refractivity contribution is -0.613. The van der Waals surface area contributed by atoms with Crippen LogP contribution in [0.25, 0.3) is 32.8 Å². The lowest BCUT2D eigenvalue weighted by atomic mass is 9.87. The molecule has 2 aliphatic heterocycles. The fourth-order valence-electron chi connectivity index (χ4n) is 5.33. The van der Waals surface area contributed by atoms with Crippen molar-refractivity contribution in [1.29, 1.82) is 0 Å². The van der Waals surface area contributed by atoms with Gasteiger partial charge in [-0.25, -0.2) is 13.5 Å². The Kier molecular flexibility index (Phi) is 5.42. The molecule has 6 nitrogen and oxygen atoms in total. The number of pyridine rings is 1. The first kappa shape index (κ1) is 21.4. The zero-order valence-corrected chi connectivity index (χ0v) is 18.7. The predicted molar refractivity (Wildman–Crippen MR) is 123 cm³/mol. The zero-order chi connectivity index (χ0) is 23.2. The standard InChI is InChI=1S/C26H25F2N3O3/c27-21-5-4-17(12-22(21)28)25-20-11-18-14-29-31(24-3-1-2-8-34-24)23(18)13-19(20)15-30(32)26(25)16-6-9-33-10-7-16/h4-5,11-16,24H,1-3,6-10H2. The summed E-state index contributed by atoms with van der Waals surface area (Å²) < 4.78 is 42.3.